The molecule has 0 bridgehead atoms. The second-order valence-corrected chi connectivity index (χ2v) is 4.26. The molecule has 90 valence electrons. The van der Waals surface area contributed by atoms with Crippen LogP contribution in [0.2, 0.25) is 0 Å². The van der Waals surface area contributed by atoms with Gasteiger partial charge in [0.2, 0.25) is 0 Å². The van der Waals surface area contributed by atoms with E-state index in [4.69, 9.17) is 5.73 Å². The molecule has 5 nitrogen and oxygen atoms in total. The molecule has 0 saturated carbocycles. The molecule has 0 saturated heterocycles. The molecule has 2 aromatic rings. The van der Waals surface area contributed by atoms with Crippen molar-refractivity contribution in [3.8, 4) is 11.4 Å². The Labute approximate surface area is 104 Å². The van der Waals surface area contributed by atoms with Crippen LogP contribution in [0.25, 0.3) is 11.4 Å². The smallest absolute Gasteiger partial charge is 0.258 e. The van der Waals surface area contributed by atoms with Crippen molar-refractivity contribution in [3.05, 3.63) is 22.7 Å². The summed E-state index contributed by atoms with van der Waals surface area (Å²) in [5, 5.41) is 10.6. The second-order valence-electron chi connectivity index (χ2n) is 3.35. The van der Waals surface area contributed by atoms with Crippen LogP contribution < -0.4 is 5.73 Å². The van der Waals surface area contributed by atoms with Crippen molar-refractivity contribution < 1.29 is 8.78 Å². The number of anilines is 1. The zero-order chi connectivity index (χ0) is 12.4. The maximum absolute atomic E-state index is 12.3. The summed E-state index contributed by atoms with van der Waals surface area (Å²) in [5.74, 6) is 0.262. The molecule has 0 unspecified atom stereocenters. The molecule has 0 aliphatic carbocycles. The quantitative estimate of drug-likeness (QED) is 0.880. The van der Waals surface area contributed by atoms with E-state index in [1.807, 2.05) is 0 Å². The molecule has 0 spiro atoms. The molecule has 8 heteroatoms. The molecule has 0 fully saturated rings. The highest BCUT2D eigenvalue weighted by atomic mass is 79.9. The molecule has 1 heterocycles. The van der Waals surface area contributed by atoms with Gasteiger partial charge in [0.1, 0.15) is 6.54 Å². The molecule has 1 aromatic carbocycles. The van der Waals surface area contributed by atoms with Gasteiger partial charge in [-0.15, -0.1) is 5.10 Å². The molecule has 2 rings (SSSR count). The van der Waals surface area contributed by atoms with E-state index < -0.39 is 13.0 Å². The van der Waals surface area contributed by atoms with Gasteiger partial charge in [0.05, 0.1) is 0 Å². The normalized spacial score (nSPS) is 11.1. The highest BCUT2D eigenvalue weighted by molar-refractivity contribution is 9.10. The summed E-state index contributed by atoms with van der Waals surface area (Å²) in [6.07, 6.45) is -2.51. The molecular weight excluding hydrogens is 296 g/mol. The van der Waals surface area contributed by atoms with Crippen molar-refractivity contribution in [3.63, 3.8) is 0 Å². The van der Waals surface area contributed by atoms with E-state index in [9.17, 15) is 8.78 Å². The molecule has 0 aliphatic heterocycles. The summed E-state index contributed by atoms with van der Waals surface area (Å²) in [6.45, 7) is -0.547. The first kappa shape index (κ1) is 11.9. The number of nitrogens with two attached hydrogens (primary N) is 1. The lowest BCUT2D eigenvalue weighted by molar-refractivity contribution is 0.121. The van der Waals surface area contributed by atoms with Crippen molar-refractivity contribution in [2.24, 2.45) is 0 Å². The Morgan fingerprint density at radius 2 is 2.12 bits per heavy atom. The predicted octanol–water partition coefficient (Wildman–Crippen LogP) is 1.95. The third-order valence-corrected chi connectivity index (χ3v) is 2.48. The van der Waals surface area contributed by atoms with E-state index >= 15 is 0 Å². The third-order valence-electron chi connectivity index (χ3n) is 2.02. The van der Waals surface area contributed by atoms with Crippen molar-refractivity contribution in [1.82, 2.24) is 20.2 Å². The van der Waals surface area contributed by atoms with Gasteiger partial charge in [0.25, 0.3) is 6.43 Å². The van der Waals surface area contributed by atoms with E-state index in [-0.39, 0.29) is 5.82 Å². The number of aromatic nitrogens is 4. The van der Waals surface area contributed by atoms with Gasteiger partial charge in [-0.3, -0.25) is 0 Å². The molecule has 17 heavy (non-hydrogen) atoms. The van der Waals surface area contributed by atoms with Crippen molar-refractivity contribution in [1.29, 1.82) is 0 Å². The number of tetrazole rings is 1. The lowest BCUT2D eigenvalue weighted by Gasteiger charge is -2.05. The van der Waals surface area contributed by atoms with Gasteiger partial charge >= 0.3 is 0 Å². The largest absolute Gasteiger partial charge is 0.399 e. The molecule has 0 atom stereocenters. The van der Waals surface area contributed by atoms with Crippen LogP contribution in [0, 0.1) is 0 Å². The van der Waals surface area contributed by atoms with Gasteiger partial charge in [-0.1, -0.05) is 15.9 Å². The Hall–Kier alpha value is -1.57. The lowest BCUT2D eigenvalue weighted by Crippen LogP contribution is -2.10. The van der Waals surface area contributed by atoms with Crippen molar-refractivity contribution >= 4 is 21.6 Å². The van der Waals surface area contributed by atoms with Crippen LogP contribution in [0.3, 0.4) is 0 Å². The zero-order valence-corrected chi connectivity index (χ0v) is 10.1. The van der Waals surface area contributed by atoms with E-state index in [1.165, 1.54) is 0 Å². The molecule has 0 aliphatic rings. The SMILES string of the molecule is Nc1cc(Br)cc(-c2nnnn2CC(F)F)c1. The lowest BCUT2D eigenvalue weighted by atomic mass is 10.2. The minimum atomic E-state index is -2.51. The molecular formula is C9H8BrF2N5. The number of halogens is 3. The number of nitrogen functional groups attached to an aromatic ring is 1. The van der Waals surface area contributed by atoms with Gasteiger partial charge in [0, 0.05) is 15.7 Å². The van der Waals surface area contributed by atoms with E-state index in [0.29, 0.717) is 11.3 Å². The summed E-state index contributed by atoms with van der Waals surface area (Å²) in [5.41, 5.74) is 6.75. The van der Waals surface area contributed by atoms with Gasteiger partial charge in [-0.25, -0.2) is 13.5 Å². The average Bonchev–Trinajstić information content (AvgIpc) is 2.63. The van der Waals surface area contributed by atoms with Crippen LogP contribution in [0.4, 0.5) is 14.5 Å². The van der Waals surface area contributed by atoms with Crippen LogP contribution in [0.1, 0.15) is 0 Å². The fourth-order valence-corrected chi connectivity index (χ4v) is 1.92. The summed E-state index contributed by atoms with van der Waals surface area (Å²) in [4.78, 5) is 0. The summed E-state index contributed by atoms with van der Waals surface area (Å²) in [6, 6.07) is 5.03. The summed E-state index contributed by atoms with van der Waals surface area (Å²) >= 11 is 3.27. The minimum absolute atomic E-state index is 0.262. The van der Waals surface area contributed by atoms with Crippen LogP contribution >= 0.6 is 15.9 Å². The highest BCUT2D eigenvalue weighted by Crippen LogP contribution is 2.24. The number of rotatable bonds is 3. The Morgan fingerprint density at radius 1 is 1.35 bits per heavy atom. The number of nitrogens with zero attached hydrogens (tertiary/aromatic N) is 4. The van der Waals surface area contributed by atoms with Crippen LogP contribution in [-0.2, 0) is 6.54 Å². The number of alkyl halides is 2. The fraction of sp³-hybridized carbons (Fsp3) is 0.222. The van der Waals surface area contributed by atoms with E-state index in [0.717, 1.165) is 9.15 Å². The topological polar surface area (TPSA) is 69.6 Å². The molecule has 0 radical (unpaired) electrons. The predicted molar refractivity (Wildman–Crippen MR) is 61.4 cm³/mol. The van der Waals surface area contributed by atoms with Crippen LogP contribution in [0.5, 0.6) is 0 Å². The maximum atomic E-state index is 12.3. The summed E-state index contributed by atoms with van der Waals surface area (Å²) in [7, 11) is 0. The first-order valence-electron chi connectivity index (χ1n) is 4.67. The van der Waals surface area contributed by atoms with Crippen molar-refractivity contribution in [2.45, 2.75) is 13.0 Å². The zero-order valence-electron chi connectivity index (χ0n) is 8.52. The van der Waals surface area contributed by atoms with Gasteiger partial charge in [0.15, 0.2) is 5.82 Å². The average molecular weight is 304 g/mol. The number of hydrogen-bond acceptors (Lipinski definition) is 4. The monoisotopic (exact) mass is 303 g/mol. The number of benzene rings is 1. The maximum Gasteiger partial charge on any atom is 0.258 e. The van der Waals surface area contributed by atoms with Gasteiger partial charge < -0.3 is 5.73 Å². The Balaban J connectivity index is 2.42. The Kier molecular flexibility index (Phi) is 3.32. The summed E-state index contributed by atoms with van der Waals surface area (Å²) < 4.78 is 26.4. The van der Waals surface area contributed by atoms with Gasteiger partial charge in [-0.2, -0.15) is 0 Å². The molecule has 0 amide bonds. The second kappa shape index (κ2) is 4.74. The Bertz CT molecular complexity index is 508. The van der Waals surface area contributed by atoms with Crippen LogP contribution in [0.15, 0.2) is 22.7 Å². The first-order chi connectivity index (χ1) is 8.06. The van der Waals surface area contributed by atoms with E-state index in [2.05, 4.69) is 31.5 Å². The fourth-order valence-electron chi connectivity index (χ4n) is 1.41. The van der Waals surface area contributed by atoms with Crippen LogP contribution in [-0.4, -0.2) is 26.6 Å². The molecule has 2 N–H and O–H groups in total. The first-order valence-corrected chi connectivity index (χ1v) is 5.46. The minimum Gasteiger partial charge on any atom is -0.399 e. The molecule has 1 aromatic heterocycles. The number of hydrogen-bond donors (Lipinski definition) is 1. The third kappa shape index (κ3) is 2.76. The Morgan fingerprint density at radius 3 is 2.76 bits per heavy atom. The highest BCUT2D eigenvalue weighted by Gasteiger charge is 2.13. The van der Waals surface area contributed by atoms with E-state index in [1.54, 1.807) is 18.2 Å². The van der Waals surface area contributed by atoms with Crippen molar-refractivity contribution in [2.75, 3.05) is 5.73 Å². The standard InChI is InChI=1S/C9H8BrF2N5/c10-6-1-5(2-7(13)3-6)9-14-15-16-17(9)4-8(11)12/h1-3,8H,4,13H2. The van der Waals surface area contributed by atoms with Gasteiger partial charge in [-0.05, 0) is 28.6 Å².